The fourth-order valence-electron chi connectivity index (χ4n) is 3.33. The third kappa shape index (κ3) is 3.75. The van der Waals surface area contributed by atoms with Crippen molar-refractivity contribution >= 4 is 17.0 Å². The van der Waals surface area contributed by atoms with Crippen LogP contribution in [-0.2, 0) is 11.3 Å². The van der Waals surface area contributed by atoms with Gasteiger partial charge in [-0.2, -0.15) is 0 Å². The van der Waals surface area contributed by atoms with Crippen LogP contribution >= 0.6 is 0 Å². The number of hydrogen-bond donors (Lipinski definition) is 4. The predicted molar refractivity (Wildman–Crippen MR) is 103 cm³/mol. The molecule has 1 aliphatic heterocycles. The van der Waals surface area contributed by atoms with E-state index in [1.54, 1.807) is 0 Å². The number of aliphatic hydroxyl groups is 3. The second-order valence-electron chi connectivity index (χ2n) is 6.71. The molecule has 0 radical (unpaired) electrons. The number of aromatic nitrogens is 4. The highest BCUT2D eigenvalue weighted by Gasteiger charge is 2.44. The maximum Gasteiger partial charge on any atom is 0.167 e. The van der Waals surface area contributed by atoms with E-state index in [0.717, 1.165) is 11.3 Å². The number of ether oxygens (including phenoxy) is 2. The van der Waals surface area contributed by atoms with Crippen LogP contribution in [0.2, 0.25) is 0 Å². The monoisotopic (exact) mass is 401 g/mol. The first kappa shape index (κ1) is 19.5. The van der Waals surface area contributed by atoms with Gasteiger partial charge in [-0.15, -0.1) is 0 Å². The minimum Gasteiger partial charge on any atom is -0.494 e. The van der Waals surface area contributed by atoms with Gasteiger partial charge in [0, 0.05) is 6.54 Å². The Morgan fingerprint density at radius 2 is 1.93 bits per heavy atom. The van der Waals surface area contributed by atoms with Crippen LogP contribution in [0, 0.1) is 0 Å². The van der Waals surface area contributed by atoms with Gasteiger partial charge in [0.15, 0.2) is 23.2 Å². The van der Waals surface area contributed by atoms with Crippen molar-refractivity contribution in [3.63, 3.8) is 0 Å². The molecule has 1 fully saturated rings. The van der Waals surface area contributed by atoms with Gasteiger partial charge >= 0.3 is 0 Å². The maximum atomic E-state index is 10.3. The Bertz CT molecular complexity index is 963. The molecule has 1 saturated heterocycles. The molecule has 0 bridgehead atoms. The molecule has 10 nitrogen and oxygen atoms in total. The summed E-state index contributed by atoms with van der Waals surface area (Å²) >= 11 is 0. The lowest BCUT2D eigenvalue weighted by atomic mass is 10.1. The largest absolute Gasteiger partial charge is 0.494 e. The summed E-state index contributed by atoms with van der Waals surface area (Å²) in [6.07, 6.45) is -1.31. The van der Waals surface area contributed by atoms with Crippen molar-refractivity contribution in [3.05, 3.63) is 42.5 Å². The first-order valence-corrected chi connectivity index (χ1v) is 9.38. The summed E-state index contributed by atoms with van der Waals surface area (Å²) in [5, 5.41) is 32.8. The lowest BCUT2D eigenvalue weighted by Crippen LogP contribution is -2.33. The average Bonchev–Trinajstić information content (AvgIpc) is 3.29. The van der Waals surface area contributed by atoms with Gasteiger partial charge in [-0.05, 0) is 24.6 Å². The fraction of sp³-hybridized carbons (Fsp3) is 0.421. The molecule has 0 spiro atoms. The zero-order valence-electron chi connectivity index (χ0n) is 15.8. The first-order chi connectivity index (χ1) is 14.1. The Balaban J connectivity index is 1.53. The molecule has 0 aliphatic carbocycles. The van der Waals surface area contributed by atoms with Crippen molar-refractivity contribution in [3.8, 4) is 5.75 Å². The van der Waals surface area contributed by atoms with E-state index in [1.807, 2.05) is 31.2 Å². The van der Waals surface area contributed by atoms with Crippen LogP contribution in [0.25, 0.3) is 11.2 Å². The third-order valence-electron chi connectivity index (χ3n) is 4.84. The molecular weight excluding hydrogens is 378 g/mol. The predicted octanol–water partition coefficient (Wildman–Crippen LogP) is 0.449. The molecule has 4 N–H and O–H groups in total. The van der Waals surface area contributed by atoms with Crippen LogP contribution in [0.5, 0.6) is 5.75 Å². The number of aliphatic hydroxyl groups excluding tert-OH is 3. The third-order valence-corrected chi connectivity index (χ3v) is 4.84. The second kappa shape index (κ2) is 8.29. The molecule has 3 aromatic rings. The van der Waals surface area contributed by atoms with Crippen molar-refractivity contribution in [2.75, 3.05) is 18.5 Å². The van der Waals surface area contributed by atoms with E-state index in [0.29, 0.717) is 30.1 Å². The van der Waals surface area contributed by atoms with Gasteiger partial charge in [0.05, 0.1) is 19.5 Å². The number of hydrogen-bond acceptors (Lipinski definition) is 9. The molecule has 4 rings (SSSR count). The molecule has 29 heavy (non-hydrogen) atoms. The van der Waals surface area contributed by atoms with Gasteiger partial charge in [-0.3, -0.25) is 4.57 Å². The summed E-state index contributed by atoms with van der Waals surface area (Å²) in [5.74, 6) is 1.35. The second-order valence-corrected chi connectivity index (χ2v) is 6.71. The lowest BCUT2D eigenvalue weighted by Gasteiger charge is -2.16. The average molecular weight is 401 g/mol. The molecule has 4 atom stereocenters. The summed E-state index contributed by atoms with van der Waals surface area (Å²) < 4.78 is 12.5. The number of fused-ring (bicyclic) bond motifs is 1. The van der Waals surface area contributed by atoms with Crippen LogP contribution in [0.1, 0.15) is 18.7 Å². The number of benzene rings is 1. The summed E-state index contributed by atoms with van der Waals surface area (Å²) in [4.78, 5) is 12.8. The molecule has 1 unspecified atom stereocenters. The highest BCUT2D eigenvalue weighted by molar-refractivity contribution is 5.82. The van der Waals surface area contributed by atoms with Gasteiger partial charge in [0.1, 0.15) is 30.4 Å². The lowest BCUT2D eigenvalue weighted by molar-refractivity contribution is -0.0511. The highest BCUT2D eigenvalue weighted by Crippen LogP contribution is 2.32. The topological polar surface area (TPSA) is 135 Å². The van der Waals surface area contributed by atoms with E-state index in [4.69, 9.17) is 9.47 Å². The van der Waals surface area contributed by atoms with Crippen molar-refractivity contribution in [2.24, 2.45) is 0 Å². The number of anilines is 1. The van der Waals surface area contributed by atoms with Crippen LogP contribution in [0.3, 0.4) is 0 Å². The Morgan fingerprint density at radius 1 is 1.14 bits per heavy atom. The molecule has 3 heterocycles. The molecule has 154 valence electrons. The van der Waals surface area contributed by atoms with Crippen molar-refractivity contribution < 1.29 is 24.8 Å². The molecule has 0 saturated carbocycles. The normalized spacial score (nSPS) is 24.1. The summed E-state index contributed by atoms with van der Waals surface area (Å²) in [6, 6.07) is 7.75. The van der Waals surface area contributed by atoms with Crippen molar-refractivity contribution in [2.45, 2.75) is 38.0 Å². The molecule has 1 aliphatic rings. The molecule has 2 aromatic heterocycles. The summed E-state index contributed by atoms with van der Waals surface area (Å²) in [7, 11) is 0. The van der Waals surface area contributed by atoms with Gasteiger partial charge in [0.25, 0.3) is 0 Å². The summed E-state index contributed by atoms with van der Waals surface area (Å²) in [6.45, 7) is 2.69. The van der Waals surface area contributed by atoms with Crippen LogP contribution in [0.4, 0.5) is 5.82 Å². The van der Waals surface area contributed by atoms with Gasteiger partial charge in [0.2, 0.25) is 0 Å². The molecule has 10 heteroatoms. The Morgan fingerprint density at radius 3 is 2.62 bits per heavy atom. The van der Waals surface area contributed by atoms with E-state index >= 15 is 0 Å². The molecular formula is C19H23N5O5. The fourth-order valence-corrected chi connectivity index (χ4v) is 3.33. The first-order valence-electron chi connectivity index (χ1n) is 9.38. The Kier molecular flexibility index (Phi) is 5.58. The number of imidazole rings is 1. The van der Waals surface area contributed by atoms with Crippen LogP contribution < -0.4 is 10.1 Å². The van der Waals surface area contributed by atoms with E-state index in [9.17, 15) is 15.3 Å². The van der Waals surface area contributed by atoms with E-state index in [1.165, 1.54) is 17.2 Å². The van der Waals surface area contributed by atoms with Crippen LogP contribution in [-0.4, -0.2) is 66.4 Å². The minimum absolute atomic E-state index is 0.398. The number of nitrogens with one attached hydrogen (secondary N) is 1. The standard InChI is InChI=1S/C19H23N5O5/c1-2-28-12-5-3-11(4-6-12)7-20-17-14-18(22-9-21-17)24(10-23-14)19-16(27)15(26)13(8-25)29-19/h3-6,9-10,13,15-16,19,25-27H,2,7-8H2,1H3,(H,20,21,22)/t13-,15-,16-,19?/m1/s1. The van der Waals surface area contributed by atoms with E-state index in [-0.39, 0.29) is 0 Å². The zero-order chi connectivity index (χ0) is 20.4. The van der Waals surface area contributed by atoms with E-state index < -0.39 is 31.1 Å². The van der Waals surface area contributed by atoms with Crippen molar-refractivity contribution in [1.82, 2.24) is 19.5 Å². The zero-order valence-corrected chi connectivity index (χ0v) is 15.8. The number of rotatable bonds is 7. The smallest absolute Gasteiger partial charge is 0.167 e. The van der Waals surface area contributed by atoms with Crippen molar-refractivity contribution in [1.29, 1.82) is 0 Å². The molecule has 1 aromatic carbocycles. The van der Waals surface area contributed by atoms with Gasteiger partial charge < -0.3 is 30.1 Å². The maximum absolute atomic E-state index is 10.3. The van der Waals surface area contributed by atoms with E-state index in [2.05, 4.69) is 20.3 Å². The Labute approximate surface area is 166 Å². The summed E-state index contributed by atoms with van der Waals surface area (Å²) in [5.41, 5.74) is 2.00. The van der Waals surface area contributed by atoms with Gasteiger partial charge in [-0.1, -0.05) is 12.1 Å². The van der Waals surface area contributed by atoms with Gasteiger partial charge in [-0.25, -0.2) is 15.0 Å². The SMILES string of the molecule is CCOc1ccc(CNc2ncnc3c2ncn3C2O[C@H](CO)[C@@H](O)[C@H]2O)cc1. The van der Waals surface area contributed by atoms with Crippen LogP contribution in [0.15, 0.2) is 36.9 Å². The Hall–Kier alpha value is -2.79. The minimum atomic E-state index is -1.21. The number of nitrogens with zero attached hydrogens (tertiary/aromatic N) is 4. The highest BCUT2D eigenvalue weighted by atomic mass is 16.6. The molecule has 0 amide bonds. The quantitative estimate of drug-likeness (QED) is 0.445.